The maximum Gasteiger partial charge on any atom is 0.150 e. The van der Waals surface area contributed by atoms with Crippen LogP contribution in [0.5, 0.6) is 0 Å². The molecule has 0 aliphatic carbocycles. The molecular weight excluding hydrogens is 308 g/mol. The van der Waals surface area contributed by atoms with Gasteiger partial charge in [-0.15, -0.1) is 0 Å². The number of rotatable bonds is 6. The third-order valence-electron chi connectivity index (χ3n) is 5.10. The Hall–Kier alpha value is -1.33. The highest BCUT2D eigenvalue weighted by Crippen LogP contribution is 2.25. The minimum absolute atomic E-state index is 0.221. The Bertz CT molecular complexity index is 779. The first-order valence-electron chi connectivity index (χ1n) is 8.48. The number of aromatic nitrogens is 1. The molecule has 1 unspecified atom stereocenters. The fourth-order valence-electron chi connectivity index (χ4n) is 3.46. The lowest BCUT2D eigenvalue weighted by molar-refractivity contribution is 0.310. The summed E-state index contributed by atoms with van der Waals surface area (Å²) in [6, 6.07) is 6.90. The lowest BCUT2D eigenvalue weighted by atomic mass is 10.0. The number of hydrogen-bond acceptors (Lipinski definition) is 3. The number of nitrogens with one attached hydrogen (secondary N) is 1. The van der Waals surface area contributed by atoms with Crippen molar-refractivity contribution >= 4 is 20.7 Å². The molecule has 2 heterocycles. The van der Waals surface area contributed by atoms with E-state index in [0.29, 0.717) is 12.5 Å². The summed E-state index contributed by atoms with van der Waals surface area (Å²) in [5.74, 6) is 0.457. The molecule has 3 rings (SSSR count). The normalized spacial score (nSPS) is 19.7. The summed E-state index contributed by atoms with van der Waals surface area (Å²) >= 11 is 0. The van der Waals surface area contributed by atoms with Crippen LogP contribution in [0, 0.1) is 0 Å². The lowest BCUT2D eigenvalue weighted by Crippen LogP contribution is -2.26. The number of H-pyrrole nitrogens is 1. The van der Waals surface area contributed by atoms with Crippen molar-refractivity contribution in [1.29, 1.82) is 0 Å². The van der Waals surface area contributed by atoms with Crippen molar-refractivity contribution in [3.63, 3.8) is 0 Å². The smallest absolute Gasteiger partial charge is 0.150 e. The maximum absolute atomic E-state index is 11.7. The highest BCUT2D eigenvalue weighted by atomic mass is 32.2. The Labute approximate surface area is 138 Å². The predicted octanol–water partition coefficient (Wildman–Crippen LogP) is 2.78. The Balaban J connectivity index is 1.79. The first-order chi connectivity index (χ1) is 11.0. The van der Waals surface area contributed by atoms with Gasteiger partial charge in [-0.1, -0.05) is 13.0 Å². The largest absolute Gasteiger partial charge is 0.361 e. The van der Waals surface area contributed by atoms with Gasteiger partial charge in [0, 0.05) is 28.9 Å². The topological polar surface area (TPSA) is 53.2 Å². The van der Waals surface area contributed by atoms with Crippen molar-refractivity contribution in [2.24, 2.45) is 0 Å². The molecule has 5 heteroatoms. The molecule has 0 spiro atoms. The molecule has 4 nitrogen and oxygen atoms in total. The van der Waals surface area contributed by atoms with E-state index in [1.54, 1.807) is 6.92 Å². The third-order valence-corrected chi connectivity index (χ3v) is 6.81. The van der Waals surface area contributed by atoms with Gasteiger partial charge in [-0.25, -0.2) is 8.42 Å². The van der Waals surface area contributed by atoms with Gasteiger partial charge in [-0.2, -0.15) is 0 Å². The highest BCUT2D eigenvalue weighted by molar-refractivity contribution is 7.91. The molecule has 2 aromatic rings. The highest BCUT2D eigenvalue weighted by Gasteiger charge is 2.22. The number of nitrogens with zero attached hydrogens (tertiary/aromatic N) is 1. The van der Waals surface area contributed by atoms with Gasteiger partial charge in [-0.05, 0) is 62.5 Å². The van der Waals surface area contributed by atoms with Crippen molar-refractivity contribution in [3.8, 4) is 0 Å². The molecule has 1 saturated heterocycles. The van der Waals surface area contributed by atoms with Crippen molar-refractivity contribution in [3.05, 3.63) is 35.5 Å². The quantitative estimate of drug-likeness (QED) is 0.884. The predicted molar refractivity (Wildman–Crippen MR) is 95.7 cm³/mol. The second-order valence-corrected chi connectivity index (χ2v) is 9.13. The van der Waals surface area contributed by atoms with E-state index in [9.17, 15) is 8.42 Å². The molecule has 1 aliphatic rings. The molecule has 126 valence electrons. The van der Waals surface area contributed by atoms with Gasteiger partial charge in [0.15, 0.2) is 0 Å². The Morgan fingerprint density at radius 1 is 1.35 bits per heavy atom. The van der Waals surface area contributed by atoms with Gasteiger partial charge < -0.3 is 9.88 Å². The van der Waals surface area contributed by atoms with E-state index >= 15 is 0 Å². The van der Waals surface area contributed by atoms with Crippen molar-refractivity contribution in [2.75, 3.05) is 25.1 Å². The number of aryl methyl sites for hydroxylation is 1. The molecule has 23 heavy (non-hydrogen) atoms. The molecule has 1 atom stereocenters. The fraction of sp³-hybridized carbons (Fsp3) is 0.556. The van der Waals surface area contributed by atoms with Crippen LogP contribution in [0.25, 0.3) is 10.9 Å². The van der Waals surface area contributed by atoms with E-state index in [0.717, 1.165) is 17.5 Å². The number of fused-ring (bicyclic) bond motifs is 1. The molecule has 0 bridgehead atoms. The second-order valence-electron chi connectivity index (χ2n) is 6.66. The average Bonchev–Trinajstić information content (AvgIpc) is 3.13. The SMILES string of the molecule is CCS(=O)(=O)CCc1ccc2[nH]cc(CC3CCCN3C)c2c1. The molecule has 1 aromatic heterocycles. The number of hydrogen-bond donors (Lipinski definition) is 1. The Morgan fingerprint density at radius 2 is 2.17 bits per heavy atom. The van der Waals surface area contributed by atoms with Crippen molar-refractivity contribution in [1.82, 2.24) is 9.88 Å². The average molecular weight is 334 g/mol. The number of sulfone groups is 1. The minimum Gasteiger partial charge on any atom is -0.361 e. The van der Waals surface area contributed by atoms with Gasteiger partial charge in [0.1, 0.15) is 9.84 Å². The molecule has 1 fully saturated rings. The molecule has 0 saturated carbocycles. The number of likely N-dealkylation sites (N-methyl/N-ethyl adjacent to an activating group) is 1. The lowest BCUT2D eigenvalue weighted by Gasteiger charge is -2.18. The number of likely N-dealkylation sites (tertiary alicyclic amines) is 1. The molecule has 1 N–H and O–H groups in total. The second kappa shape index (κ2) is 6.65. The van der Waals surface area contributed by atoms with Crippen LogP contribution in [0.1, 0.15) is 30.9 Å². The zero-order chi connectivity index (χ0) is 16.4. The van der Waals surface area contributed by atoms with E-state index in [1.807, 2.05) is 6.07 Å². The van der Waals surface area contributed by atoms with Crippen molar-refractivity contribution < 1.29 is 8.42 Å². The number of aromatic amines is 1. The fourth-order valence-corrected chi connectivity index (χ4v) is 4.29. The van der Waals surface area contributed by atoms with Crippen LogP contribution in [0.4, 0.5) is 0 Å². The molecular formula is C18H26N2O2S. The van der Waals surface area contributed by atoms with E-state index in [2.05, 4.69) is 35.3 Å². The zero-order valence-corrected chi connectivity index (χ0v) is 14.8. The van der Waals surface area contributed by atoms with E-state index in [-0.39, 0.29) is 11.5 Å². The van der Waals surface area contributed by atoms with Crippen LogP contribution in [0.15, 0.2) is 24.4 Å². The third kappa shape index (κ3) is 3.78. The molecule has 0 amide bonds. The zero-order valence-electron chi connectivity index (χ0n) is 14.0. The van der Waals surface area contributed by atoms with Crippen LogP contribution in [0.2, 0.25) is 0 Å². The van der Waals surface area contributed by atoms with Gasteiger partial charge in [0.25, 0.3) is 0 Å². The summed E-state index contributed by atoms with van der Waals surface area (Å²) in [6.45, 7) is 2.90. The van der Waals surface area contributed by atoms with E-state index in [4.69, 9.17) is 0 Å². The summed E-state index contributed by atoms with van der Waals surface area (Å²) in [4.78, 5) is 5.79. The molecule has 1 aliphatic heterocycles. The molecule has 0 radical (unpaired) electrons. The first-order valence-corrected chi connectivity index (χ1v) is 10.3. The van der Waals surface area contributed by atoms with E-state index < -0.39 is 9.84 Å². The van der Waals surface area contributed by atoms with Crippen LogP contribution in [-0.4, -0.2) is 49.4 Å². The number of benzene rings is 1. The van der Waals surface area contributed by atoms with Gasteiger partial charge in [0.2, 0.25) is 0 Å². The van der Waals surface area contributed by atoms with Gasteiger partial charge >= 0.3 is 0 Å². The van der Waals surface area contributed by atoms with Crippen LogP contribution in [0.3, 0.4) is 0 Å². The minimum atomic E-state index is -2.91. The first kappa shape index (κ1) is 16.5. The molecule has 1 aromatic carbocycles. The van der Waals surface area contributed by atoms with Crippen LogP contribution < -0.4 is 0 Å². The maximum atomic E-state index is 11.7. The summed E-state index contributed by atoms with van der Waals surface area (Å²) in [5.41, 5.74) is 3.59. The summed E-state index contributed by atoms with van der Waals surface area (Å²) in [6.07, 6.45) is 6.32. The van der Waals surface area contributed by atoms with Gasteiger partial charge in [-0.3, -0.25) is 0 Å². The summed E-state index contributed by atoms with van der Waals surface area (Å²) in [7, 11) is -0.706. The standard InChI is InChI=1S/C18H26N2O2S/c1-3-23(21,22)10-8-14-6-7-18-17(11-14)15(13-19-18)12-16-5-4-9-20(16)2/h6-7,11,13,16,19H,3-5,8-10,12H2,1-2H3. The van der Waals surface area contributed by atoms with Crippen molar-refractivity contribution in [2.45, 2.75) is 38.6 Å². The summed E-state index contributed by atoms with van der Waals surface area (Å²) in [5, 5.41) is 1.25. The Kier molecular flexibility index (Phi) is 4.78. The monoisotopic (exact) mass is 334 g/mol. The van der Waals surface area contributed by atoms with Crippen LogP contribution in [-0.2, 0) is 22.7 Å². The van der Waals surface area contributed by atoms with E-state index in [1.165, 1.54) is 30.3 Å². The van der Waals surface area contributed by atoms with Crippen LogP contribution >= 0.6 is 0 Å². The van der Waals surface area contributed by atoms with Gasteiger partial charge in [0.05, 0.1) is 5.75 Å². The Morgan fingerprint density at radius 3 is 2.87 bits per heavy atom. The summed E-state index contributed by atoms with van der Waals surface area (Å²) < 4.78 is 23.4.